The van der Waals surface area contributed by atoms with Crippen LogP contribution in [-0.4, -0.2) is 28.3 Å². The molecule has 1 rings (SSSR count). The van der Waals surface area contributed by atoms with Crippen LogP contribution < -0.4 is 5.32 Å². The van der Waals surface area contributed by atoms with Gasteiger partial charge in [-0.3, -0.25) is 9.59 Å². The highest BCUT2D eigenvalue weighted by molar-refractivity contribution is 7.99. The maximum absolute atomic E-state index is 11.7. The van der Waals surface area contributed by atoms with Gasteiger partial charge in [-0.1, -0.05) is 11.6 Å². The molecule has 0 aromatic carbocycles. The largest absolute Gasteiger partial charge is 0.481 e. The Kier molecular flexibility index (Phi) is 6.16. The lowest BCUT2D eigenvalue weighted by Gasteiger charge is -2.24. The number of hydrogen-bond acceptors (Lipinski definition) is 4. The number of carbonyl (C=O) groups is 2. The van der Waals surface area contributed by atoms with E-state index in [2.05, 4.69) is 5.32 Å². The number of thiophene rings is 1. The van der Waals surface area contributed by atoms with Crippen molar-refractivity contribution in [2.75, 3.05) is 5.75 Å². The first-order valence-electron chi connectivity index (χ1n) is 5.63. The summed E-state index contributed by atoms with van der Waals surface area (Å²) in [4.78, 5) is 23.4. The molecule has 1 heterocycles. The van der Waals surface area contributed by atoms with Gasteiger partial charge in [0.25, 0.3) is 0 Å². The zero-order chi connectivity index (χ0) is 14.5. The number of thioether (sulfide) groups is 1. The maximum Gasteiger partial charge on any atom is 0.305 e. The zero-order valence-corrected chi connectivity index (χ0v) is 13.1. The molecule has 0 aliphatic carbocycles. The molecule has 0 aliphatic heterocycles. The van der Waals surface area contributed by atoms with Gasteiger partial charge < -0.3 is 10.4 Å². The SMILES string of the molecule is CC(C)(CC(=O)O)NC(=O)CSCc1ccc(Cl)s1. The second-order valence-corrected chi connectivity index (χ2v) is 7.49. The fraction of sp³-hybridized carbons (Fsp3) is 0.500. The predicted molar refractivity (Wildman–Crippen MR) is 80.0 cm³/mol. The van der Waals surface area contributed by atoms with Crippen LogP contribution in [0.25, 0.3) is 0 Å². The minimum Gasteiger partial charge on any atom is -0.481 e. The summed E-state index contributed by atoms with van der Waals surface area (Å²) < 4.78 is 0.739. The van der Waals surface area contributed by atoms with E-state index in [0.717, 1.165) is 15.0 Å². The normalized spacial score (nSPS) is 11.3. The summed E-state index contributed by atoms with van der Waals surface area (Å²) in [5, 5.41) is 11.4. The maximum atomic E-state index is 11.7. The highest BCUT2D eigenvalue weighted by atomic mass is 35.5. The molecule has 0 bridgehead atoms. The number of amides is 1. The van der Waals surface area contributed by atoms with Crippen LogP contribution in [0.1, 0.15) is 25.1 Å². The molecule has 7 heteroatoms. The Morgan fingerprint density at radius 2 is 2.16 bits per heavy atom. The van der Waals surface area contributed by atoms with Gasteiger partial charge in [0, 0.05) is 16.2 Å². The van der Waals surface area contributed by atoms with Crippen LogP contribution in [-0.2, 0) is 15.3 Å². The number of aliphatic carboxylic acids is 1. The van der Waals surface area contributed by atoms with Crippen molar-refractivity contribution in [2.24, 2.45) is 0 Å². The lowest BCUT2D eigenvalue weighted by Crippen LogP contribution is -2.45. The van der Waals surface area contributed by atoms with Crippen molar-refractivity contribution in [3.8, 4) is 0 Å². The van der Waals surface area contributed by atoms with Gasteiger partial charge in [-0.05, 0) is 26.0 Å². The van der Waals surface area contributed by atoms with E-state index in [0.29, 0.717) is 5.75 Å². The standard InChI is InChI=1S/C12H16ClNO3S2/c1-12(2,5-11(16)17)14-10(15)7-18-6-8-3-4-9(13)19-8/h3-4H,5-7H2,1-2H3,(H,14,15)(H,16,17). The van der Waals surface area contributed by atoms with Crippen molar-refractivity contribution in [1.82, 2.24) is 5.32 Å². The van der Waals surface area contributed by atoms with Crippen molar-refractivity contribution < 1.29 is 14.7 Å². The molecule has 0 radical (unpaired) electrons. The smallest absolute Gasteiger partial charge is 0.305 e. The second-order valence-electron chi connectivity index (χ2n) is 4.70. The summed E-state index contributed by atoms with van der Waals surface area (Å²) in [6, 6.07) is 3.77. The molecule has 1 amide bonds. The van der Waals surface area contributed by atoms with Crippen molar-refractivity contribution in [3.05, 3.63) is 21.3 Å². The van der Waals surface area contributed by atoms with Gasteiger partial charge in [-0.15, -0.1) is 23.1 Å². The number of carbonyl (C=O) groups excluding carboxylic acids is 1. The van der Waals surface area contributed by atoms with Crippen LogP contribution in [0.15, 0.2) is 12.1 Å². The molecule has 0 atom stereocenters. The van der Waals surface area contributed by atoms with Crippen molar-refractivity contribution in [3.63, 3.8) is 0 Å². The lowest BCUT2D eigenvalue weighted by molar-refractivity contribution is -0.138. The third-order valence-electron chi connectivity index (χ3n) is 2.18. The third-order valence-corrected chi connectivity index (χ3v) is 4.57. The predicted octanol–water partition coefficient (Wildman–Crippen LogP) is 3.00. The summed E-state index contributed by atoms with van der Waals surface area (Å²) in [6.07, 6.45) is -0.0933. The summed E-state index contributed by atoms with van der Waals surface area (Å²) >= 11 is 8.79. The second kappa shape index (κ2) is 7.17. The van der Waals surface area contributed by atoms with Gasteiger partial charge in [0.2, 0.25) is 5.91 Å². The van der Waals surface area contributed by atoms with E-state index in [1.165, 1.54) is 23.1 Å². The highest BCUT2D eigenvalue weighted by Gasteiger charge is 2.23. The van der Waals surface area contributed by atoms with Gasteiger partial charge in [-0.25, -0.2) is 0 Å². The van der Waals surface area contributed by atoms with E-state index in [4.69, 9.17) is 16.7 Å². The Hall–Kier alpha value is -0.720. The number of carboxylic acid groups (broad SMARTS) is 1. The van der Waals surface area contributed by atoms with Crippen LogP contribution >= 0.6 is 34.7 Å². The summed E-state index contributed by atoms with van der Waals surface area (Å²) in [5.74, 6) is -0.0481. The molecule has 0 unspecified atom stereocenters. The molecule has 1 aromatic rings. The highest BCUT2D eigenvalue weighted by Crippen LogP contribution is 2.25. The summed E-state index contributed by atoms with van der Waals surface area (Å²) in [6.45, 7) is 3.39. The molecule has 4 nitrogen and oxygen atoms in total. The van der Waals surface area contributed by atoms with Crippen molar-refractivity contribution >= 4 is 46.6 Å². The lowest BCUT2D eigenvalue weighted by atomic mass is 10.0. The molecule has 1 aromatic heterocycles. The molecular formula is C12H16ClNO3S2. The van der Waals surface area contributed by atoms with E-state index in [9.17, 15) is 9.59 Å². The number of halogens is 1. The third kappa shape index (κ3) is 6.84. The number of carboxylic acids is 1. The fourth-order valence-electron chi connectivity index (χ4n) is 1.51. The summed E-state index contributed by atoms with van der Waals surface area (Å²) in [5.41, 5.74) is -0.726. The van der Waals surface area contributed by atoms with Crippen LogP contribution in [0.5, 0.6) is 0 Å². The van der Waals surface area contributed by atoms with Crippen LogP contribution in [0.4, 0.5) is 0 Å². The average molecular weight is 322 g/mol. The van der Waals surface area contributed by atoms with Gasteiger partial charge in [0.15, 0.2) is 0 Å². The number of rotatable bonds is 7. The topological polar surface area (TPSA) is 66.4 Å². The van der Waals surface area contributed by atoms with Gasteiger partial charge in [0.05, 0.1) is 16.5 Å². The summed E-state index contributed by atoms with van der Waals surface area (Å²) in [7, 11) is 0. The molecule has 0 aliphatic rings. The Balaban J connectivity index is 2.29. The number of nitrogens with one attached hydrogen (secondary N) is 1. The monoisotopic (exact) mass is 321 g/mol. The quantitative estimate of drug-likeness (QED) is 0.810. The van der Waals surface area contributed by atoms with Crippen LogP contribution in [0, 0.1) is 0 Å². The first-order valence-corrected chi connectivity index (χ1v) is 7.98. The molecule has 0 spiro atoms. The number of hydrogen-bond donors (Lipinski definition) is 2. The molecule has 106 valence electrons. The average Bonchev–Trinajstić information content (AvgIpc) is 2.61. The Morgan fingerprint density at radius 3 is 2.68 bits per heavy atom. The first-order chi connectivity index (χ1) is 8.78. The van der Waals surface area contributed by atoms with Crippen molar-refractivity contribution in [2.45, 2.75) is 31.6 Å². The Morgan fingerprint density at radius 1 is 1.47 bits per heavy atom. The molecule has 0 saturated heterocycles. The van der Waals surface area contributed by atoms with E-state index in [1.54, 1.807) is 13.8 Å². The molecule has 2 N–H and O–H groups in total. The van der Waals surface area contributed by atoms with Crippen LogP contribution in [0.2, 0.25) is 4.34 Å². The first kappa shape index (κ1) is 16.3. The minimum absolute atomic E-state index is 0.0933. The van der Waals surface area contributed by atoms with Crippen LogP contribution in [0.3, 0.4) is 0 Å². The molecular weight excluding hydrogens is 306 g/mol. The van der Waals surface area contributed by atoms with Gasteiger partial charge in [0.1, 0.15) is 0 Å². The minimum atomic E-state index is -0.925. The van der Waals surface area contributed by atoms with E-state index < -0.39 is 11.5 Å². The zero-order valence-electron chi connectivity index (χ0n) is 10.7. The molecule has 0 saturated carbocycles. The van der Waals surface area contributed by atoms with Gasteiger partial charge in [-0.2, -0.15) is 0 Å². The van der Waals surface area contributed by atoms with Gasteiger partial charge >= 0.3 is 5.97 Å². The Labute approximate surface area is 125 Å². The van der Waals surface area contributed by atoms with E-state index >= 15 is 0 Å². The van der Waals surface area contributed by atoms with E-state index in [-0.39, 0.29) is 12.3 Å². The van der Waals surface area contributed by atoms with E-state index in [1.807, 2.05) is 12.1 Å². The molecule has 0 fully saturated rings. The van der Waals surface area contributed by atoms with Crippen molar-refractivity contribution in [1.29, 1.82) is 0 Å². The molecule has 19 heavy (non-hydrogen) atoms. The fourth-order valence-corrected chi connectivity index (χ4v) is 3.54. The Bertz CT molecular complexity index is 460.